The summed E-state index contributed by atoms with van der Waals surface area (Å²) < 4.78 is 1.93. The molecule has 2 atom stereocenters. The fourth-order valence-electron chi connectivity index (χ4n) is 3.18. The number of aromatic nitrogens is 1. The Balaban J connectivity index is 1.69. The molecule has 1 heterocycles. The molecule has 3 heteroatoms. The summed E-state index contributed by atoms with van der Waals surface area (Å²) in [5, 5.41) is 3.13. The van der Waals surface area contributed by atoms with E-state index in [0.29, 0.717) is 0 Å². The van der Waals surface area contributed by atoms with E-state index < -0.39 is 0 Å². The number of aryl methyl sites for hydroxylation is 2. The summed E-state index contributed by atoms with van der Waals surface area (Å²) in [5.74, 6) is 0.0569. The van der Waals surface area contributed by atoms with Crippen LogP contribution < -0.4 is 5.32 Å². The lowest BCUT2D eigenvalue weighted by molar-refractivity contribution is -0.124. The molecule has 0 unspecified atom stereocenters. The van der Waals surface area contributed by atoms with Gasteiger partial charge in [0, 0.05) is 12.4 Å². The molecule has 1 aliphatic rings. The molecule has 22 heavy (non-hydrogen) atoms. The topological polar surface area (TPSA) is 34.0 Å². The summed E-state index contributed by atoms with van der Waals surface area (Å²) in [6.07, 6.45) is 8.79. The fraction of sp³-hybridized carbons (Fsp3) is 0.421. The Bertz CT molecular complexity index is 645. The summed E-state index contributed by atoms with van der Waals surface area (Å²) in [4.78, 5) is 12.4. The highest BCUT2D eigenvalue weighted by molar-refractivity contribution is 5.80. The maximum absolute atomic E-state index is 12.4. The standard InChI is InChI=1S/C19H24N2O/c1-14(20-19(22)15(2)21-11-5-6-12-21)17-10-9-16-7-3-4-8-18(16)13-17/h5-6,9-15H,3-4,7-8H2,1-2H3,(H,20,22)/t14-,15+/m1/s1. The van der Waals surface area contributed by atoms with Crippen LogP contribution in [0, 0.1) is 0 Å². The van der Waals surface area contributed by atoms with Crippen LogP contribution in [0.25, 0.3) is 0 Å². The van der Waals surface area contributed by atoms with Gasteiger partial charge in [-0.05, 0) is 68.4 Å². The Hall–Kier alpha value is -2.03. The van der Waals surface area contributed by atoms with Gasteiger partial charge in [0.2, 0.25) is 5.91 Å². The molecule has 1 aromatic heterocycles. The maximum atomic E-state index is 12.4. The number of benzene rings is 1. The van der Waals surface area contributed by atoms with Crippen LogP contribution in [0.4, 0.5) is 0 Å². The molecule has 3 nitrogen and oxygen atoms in total. The molecule has 0 spiro atoms. The van der Waals surface area contributed by atoms with E-state index in [0.717, 1.165) is 0 Å². The summed E-state index contributed by atoms with van der Waals surface area (Å²) in [6, 6.07) is 10.4. The molecule has 1 aliphatic carbocycles. The molecule has 3 rings (SSSR count). The molecular formula is C19H24N2O. The second-order valence-corrected chi connectivity index (χ2v) is 6.27. The molecule has 0 fully saturated rings. The number of carbonyl (C=O) groups is 1. The van der Waals surface area contributed by atoms with Gasteiger partial charge in [-0.15, -0.1) is 0 Å². The normalized spacial score (nSPS) is 16.6. The first-order chi connectivity index (χ1) is 10.6. The van der Waals surface area contributed by atoms with Crippen molar-refractivity contribution >= 4 is 5.91 Å². The number of nitrogens with zero attached hydrogens (tertiary/aromatic N) is 1. The van der Waals surface area contributed by atoms with Crippen molar-refractivity contribution in [1.29, 1.82) is 0 Å². The zero-order valence-corrected chi connectivity index (χ0v) is 13.4. The zero-order chi connectivity index (χ0) is 15.5. The Morgan fingerprint density at radius 2 is 1.77 bits per heavy atom. The van der Waals surface area contributed by atoms with Gasteiger partial charge in [0.05, 0.1) is 6.04 Å². The highest BCUT2D eigenvalue weighted by Gasteiger charge is 2.18. The molecule has 0 bridgehead atoms. The summed E-state index contributed by atoms with van der Waals surface area (Å²) >= 11 is 0. The quantitative estimate of drug-likeness (QED) is 0.914. The molecule has 2 aromatic rings. The number of hydrogen-bond acceptors (Lipinski definition) is 1. The highest BCUT2D eigenvalue weighted by atomic mass is 16.2. The van der Waals surface area contributed by atoms with Gasteiger partial charge in [-0.1, -0.05) is 18.2 Å². The van der Waals surface area contributed by atoms with Gasteiger partial charge in [0.1, 0.15) is 6.04 Å². The maximum Gasteiger partial charge on any atom is 0.243 e. The average Bonchev–Trinajstić information content (AvgIpc) is 3.08. The lowest BCUT2D eigenvalue weighted by atomic mass is 9.89. The lowest BCUT2D eigenvalue weighted by Gasteiger charge is -2.22. The minimum atomic E-state index is -0.185. The van der Waals surface area contributed by atoms with Crippen LogP contribution in [0.3, 0.4) is 0 Å². The Kier molecular flexibility index (Phi) is 4.32. The molecule has 1 amide bonds. The largest absolute Gasteiger partial charge is 0.348 e. The number of nitrogens with one attached hydrogen (secondary N) is 1. The van der Waals surface area contributed by atoms with Gasteiger partial charge in [-0.25, -0.2) is 0 Å². The van der Waals surface area contributed by atoms with Crippen LogP contribution >= 0.6 is 0 Å². The van der Waals surface area contributed by atoms with Gasteiger partial charge >= 0.3 is 0 Å². The Labute approximate surface area is 132 Å². The molecule has 0 aliphatic heterocycles. The van der Waals surface area contributed by atoms with E-state index in [9.17, 15) is 4.79 Å². The minimum Gasteiger partial charge on any atom is -0.348 e. The molecule has 0 radical (unpaired) electrons. The third kappa shape index (κ3) is 3.08. The molecule has 1 aromatic carbocycles. The predicted molar refractivity (Wildman–Crippen MR) is 88.8 cm³/mol. The third-order valence-electron chi connectivity index (χ3n) is 4.69. The fourth-order valence-corrected chi connectivity index (χ4v) is 3.18. The van der Waals surface area contributed by atoms with Crippen molar-refractivity contribution in [3.8, 4) is 0 Å². The Morgan fingerprint density at radius 3 is 2.50 bits per heavy atom. The second kappa shape index (κ2) is 6.39. The van der Waals surface area contributed by atoms with Crippen molar-refractivity contribution in [3.05, 3.63) is 59.4 Å². The lowest BCUT2D eigenvalue weighted by Crippen LogP contribution is -2.32. The SMILES string of the molecule is C[C@@H](NC(=O)[C@H](C)n1cccc1)c1ccc2c(c1)CCCC2. The minimum absolute atomic E-state index is 0.0396. The number of hydrogen-bond donors (Lipinski definition) is 1. The van der Waals surface area contributed by atoms with Crippen molar-refractivity contribution in [3.63, 3.8) is 0 Å². The summed E-state index contributed by atoms with van der Waals surface area (Å²) in [5.41, 5.74) is 4.14. The van der Waals surface area contributed by atoms with E-state index in [2.05, 4.69) is 30.4 Å². The van der Waals surface area contributed by atoms with E-state index in [1.165, 1.54) is 42.4 Å². The summed E-state index contributed by atoms with van der Waals surface area (Å²) in [6.45, 7) is 3.99. The number of rotatable bonds is 4. The highest BCUT2D eigenvalue weighted by Crippen LogP contribution is 2.25. The van der Waals surface area contributed by atoms with Crippen molar-refractivity contribution in [2.45, 2.75) is 51.6 Å². The predicted octanol–water partition coefficient (Wildman–Crippen LogP) is 3.81. The van der Waals surface area contributed by atoms with E-state index >= 15 is 0 Å². The Morgan fingerprint density at radius 1 is 1.09 bits per heavy atom. The van der Waals surface area contributed by atoms with Crippen molar-refractivity contribution in [2.75, 3.05) is 0 Å². The van der Waals surface area contributed by atoms with Gasteiger partial charge < -0.3 is 9.88 Å². The van der Waals surface area contributed by atoms with E-state index in [4.69, 9.17) is 0 Å². The van der Waals surface area contributed by atoms with E-state index in [1.54, 1.807) is 0 Å². The molecule has 1 N–H and O–H groups in total. The van der Waals surface area contributed by atoms with Gasteiger partial charge in [0.15, 0.2) is 0 Å². The van der Waals surface area contributed by atoms with Crippen LogP contribution in [-0.4, -0.2) is 10.5 Å². The molecule has 116 valence electrons. The van der Waals surface area contributed by atoms with Crippen molar-refractivity contribution in [1.82, 2.24) is 9.88 Å². The monoisotopic (exact) mass is 296 g/mol. The first-order valence-corrected chi connectivity index (χ1v) is 8.19. The van der Waals surface area contributed by atoms with Crippen molar-refractivity contribution in [2.24, 2.45) is 0 Å². The number of fused-ring (bicyclic) bond motifs is 1. The number of carbonyl (C=O) groups excluding carboxylic acids is 1. The van der Waals surface area contributed by atoms with Crippen LogP contribution in [0.2, 0.25) is 0 Å². The van der Waals surface area contributed by atoms with Crippen LogP contribution in [0.5, 0.6) is 0 Å². The average molecular weight is 296 g/mol. The van der Waals surface area contributed by atoms with Gasteiger partial charge in [0.25, 0.3) is 0 Å². The first-order valence-electron chi connectivity index (χ1n) is 8.19. The van der Waals surface area contributed by atoms with Crippen LogP contribution in [0.15, 0.2) is 42.7 Å². The number of amides is 1. The molecule has 0 saturated heterocycles. The van der Waals surface area contributed by atoms with Crippen LogP contribution in [-0.2, 0) is 17.6 Å². The molecular weight excluding hydrogens is 272 g/mol. The van der Waals surface area contributed by atoms with Crippen LogP contribution in [0.1, 0.15) is 55.5 Å². The molecule has 0 saturated carbocycles. The van der Waals surface area contributed by atoms with Crippen molar-refractivity contribution < 1.29 is 4.79 Å². The zero-order valence-electron chi connectivity index (χ0n) is 13.4. The smallest absolute Gasteiger partial charge is 0.243 e. The van der Waals surface area contributed by atoms with Gasteiger partial charge in [-0.2, -0.15) is 0 Å². The van der Waals surface area contributed by atoms with E-state index in [-0.39, 0.29) is 18.0 Å². The van der Waals surface area contributed by atoms with E-state index in [1.807, 2.05) is 36.0 Å². The third-order valence-corrected chi connectivity index (χ3v) is 4.69. The first kappa shape index (κ1) is 14.9. The van der Waals surface area contributed by atoms with Gasteiger partial charge in [-0.3, -0.25) is 4.79 Å². The second-order valence-electron chi connectivity index (χ2n) is 6.27. The summed E-state index contributed by atoms with van der Waals surface area (Å²) in [7, 11) is 0.